The molecule has 20 heavy (non-hydrogen) atoms. The quantitative estimate of drug-likeness (QED) is 0.849. The Morgan fingerprint density at radius 1 is 1.35 bits per heavy atom. The summed E-state index contributed by atoms with van der Waals surface area (Å²) >= 11 is 0. The average Bonchev–Trinajstić information content (AvgIpc) is 2.74. The molecule has 2 atom stereocenters. The monoisotopic (exact) mass is 290 g/mol. The first-order chi connectivity index (χ1) is 9.29. The molecule has 1 N–H and O–H groups in total. The minimum absolute atomic E-state index is 0.0348. The van der Waals surface area contributed by atoms with Crippen LogP contribution in [-0.2, 0) is 4.79 Å². The van der Waals surface area contributed by atoms with E-state index in [0.717, 1.165) is 0 Å². The zero-order chi connectivity index (χ0) is 14.9. The first-order valence-electron chi connectivity index (χ1n) is 7.35. The second-order valence-corrected chi connectivity index (χ2v) is 6.39. The number of β-amino-alcohol motifs (C(OH)–C–C–N with tert-alkyl or cyclic N) is 1. The van der Waals surface area contributed by atoms with Gasteiger partial charge in [0, 0.05) is 19.0 Å². The molecule has 2 saturated heterocycles. The van der Waals surface area contributed by atoms with Gasteiger partial charge in [-0.05, 0) is 25.3 Å². The van der Waals surface area contributed by atoms with Crippen LogP contribution in [-0.4, -0.2) is 65.6 Å². The minimum Gasteiger partial charge on any atom is -0.391 e. The van der Waals surface area contributed by atoms with Crippen molar-refractivity contribution in [3.8, 4) is 0 Å². The normalized spacial score (nSPS) is 31.0. The Balaban J connectivity index is 1.87. The van der Waals surface area contributed by atoms with Gasteiger partial charge in [-0.15, -0.1) is 0 Å². The third kappa shape index (κ3) is 3.47. The van der Waals surface area contributed by atoms with E-state index in [2.05, 4.69) is 0 Å². The molecule has 2 aliphatic rings. The first-order valence-corrected chi connectivity index (χ1v) is 7.35. The molecule has 0 aliphatic carbocycles. The van der Waals surface area contributed by atoms with Gasteiger partial charge in [0.05, 0.1) is 19.2 Å². The van der Waals surface area contributed by atoms with E-state index in [1.54, 1.807) is 9.80 Å². The fraction of sp³-hybridized carbons (Fsp3) is 0.929. The van der Waals surface area contributed by atoms with Crippen LogP contribution >= 0.6 is 0 Å². The number of aliphatic hydroxyl groups is 1. The van der Waals surface area contributed by atoms with E-state index in [4.69, 9.17) is 0 Å². The van der Waals surface area contributed by atoms with Crippen LogP contribution in [0, 0.1) is 11.8 Å². The fourth-order valence-corrected chi connectivity index (χ4v) is 3.24. The van der Waals surface area contributed by atoms with Gasteiger partial charge < -0.3 is 10.0 Å². The highest BCUT2D eigenvalue weighted by Gasteiger charge is 2.46. The summed E-state index contributed by atoms with van der Waals surface area (Å²) in [6, 6.07) is 0. The summed E-state index contributed by atoms with van der Waals surface area (Å²) in [5.74, 6) is -3.52. The minimum atomic E-state index is -2.72. The van der Waals surface area contributed by atoms with E-state index >= 15 is 0 Å². The van der Waals surface area contributed by atoms with E-state index in [9.17, 15) is 18.7 Å². The van der Waals surface area contributed by atoms with Crippen molar-refractivity contribution in [1.82, 2.24) is 9.80 Å². The predicted octanol–water partition coefficient (Wildman–Crippen LogP) is 1.19. The Labute approximate surface area is 118 Å². The van der Waals surface area contributed by atoms with E-state index in [-0.39, 0.29) is 24.9 Å². The number of aliphatic hydroxyl groups excluding tert-OH is 1. The molecule has 2 heterocycles. The summed E-state index contributed by atoms with van der Waals surface area (Å²) in [4.78, 5) is 15.1. The SMILES string of the molecule is CC(C)C1CCN(CC(=O)N2CCC(O)C2)CC1(F)F. The van der Waals surface area contributed by atoms with Crippen molar-refractivity contribution < 1.29 is 18.7 Å². The van der Waals surface area contributed by atoms with Crippen molar-refractivity contribution in [2.45, 2.75) is 38.7 Å². The molecule has 2 aliphatic heterocycles. The molecule has 1 amide bonds. The lowest BCUT2D eigenvalue weighted by Crippen LogP contribution is -2.52. The number of rotatable bonds is 3. The van der Waals surface area contributed by atoms with Gasteiger partial charge in [0.1, 0.15) is 0 Å². The van der Waals surface area contributed by atoms with Crippen molar-refractivity contribution in [2.24, 2.45) is 11.8 Å². The van der Waals surface area contributed by atoms with Crippen molar-refractivity contribution in [2.75, 3.05) is 32.7 Å². The van der Waals surface area contributed by atoms with Crippen LogP contribution in [0.4, 0.5) is 8.78 Å². The van der Waals surface area contributed by atoms with Crippen LogP contribution in [0.2, 0.25) is 0 Å². The molecule has 0 aromatic heterocycles. The van der Waals surface area contributed by atoms with Crippen molar-refractivity contribution in [3.63, 3.8) is 0 Å². The third-order valence-electron chi connectivity index (χ3n) is 4.41. The zero-order valence-corrected chi connectivity index (χ0v) is 12.2. The van der Waals surface area contributed by atoms with Crippen LogP contribution in [0.25, 0.3) is 0 Å². The van der Waals surface area contributed by atoms with Gasteiger partial charge in [-0.3, -0.25) is 9.69 Å². The highest BCUT2D eigenvalue weighted by molar-refractivity contribution is 5.78. The number of likely N-dealkylation sites (tertiary alicyclic amines) is 2. The molecule has 0 spiro atoms. The van der Waals surface area contributed by atoms with Crippen molar-refractivity contribution in [3.05, 3.63) is 0 Å². The molecule has 4 nitrogen and oxygen atoms in total. The van der Waals surface area contributed by atoms with Gasteiger partial charge in [0.15, 0.2) is 0 Å². The summed E-state index contributed by atoms with van der Waals surface area (Å²) < 4.78 is 28.1. The molecule has 0 saturated carbocycles. The Morgan fingerprint density at radius 3 is 2.55 bits per heavy atom. The Morgan fingerprint density at radius 2 is 2.05 bits per heavy atom. The van der Waals surface area contributed by atoms with Gasteiger partial charge in [-0.25, -0.2) is 8.78 Å². The van der Waals surface area contributed by atoms with E-state index in [1.165, 1.54) is 0 Å². The molecular formula is C14H24F2N2O2. The van der Waals surface area contributed by atoms with E-state index in [0.29, 0.717) is 32.5 Å². The molecular weight excluding hydrogens is 266 g/mol. The average molecular weight is 290 g/mol. The first kappa shape index (κ1) is 15.6. The summed E-state index contributed by atoms with van der Waals surface area (Å²) in [5, 5.41) is 9.41. The number of hydrogen-bond donors (Lipinski definition) is 1. The van der Waals surface area contributed by atoms with Gasteiger partial charge in [-0.1, -0.05) is 13.8 Å². The van der Waals surface area contributed by atoms with Crippen LogP contribution in [0.1, 0.15) is 26.7 Å². The molecule has 6 heteroatoms. The maximum absolute atomic E-state index is 14.1. The molecule has 0 aromatic carbocycles. The molecule has 2 fully saturated rings. The molecule has 116 valence electrons. The lowest BCUT2D eigenvalue weighted by atomic mass is 9.83. The number of halogens is 2. The van der Waals surface area contributed by atoms with Gasteiger partial charge in [0.25, 0.3) is 5.92 Å². The molecule has 2 unspecified atom stereocenters. The number of piperidine rings is 1. The summed E-state index contributed by atoms with van der Waals surface area (Å²) in [7, 11) is 0. The summed E-state index contributed by atoms with van der Waals surface area (Å²) in [5.41, 5.74) is 0. The van der Waals surface area contributed by atoms with E-state index in [1.807, 2.05) is 13.8 Å². The van der Waals surface area contributed by atoms with Gasteiger partial charge >= 0.3 is 0 Å². The fourth-order valence-electron chi connectivity index (χ4n) is 3.24. The molecule has 0 radical (unpaired) electrons. The van der Waals surface area contributed by atoms with Gasteiger partial charge in [-0.2, -0.15) is 0 Å². The predicted molar refractivity (Wildman–Crippen MR) is 71.5 cm³/mol. The largest absolute Gasteiger partial charge is 0.391 e. The summed E-state index contributed by atoms with van der Waals surface area (Å²) in [6.45, 7) is 4.75. The second-order valence-electron chi connectivity index (χ2n) is 6.39. The van der Waals surface area contributed by atoms with Crippen molar-refractivity contribution >= 4 is 5.91 Å². The number of nitrogens with zero attached hydrogens (tertiary/aromatic N) is 2. The molecule has 0 aromatic rings. The van der Waals surface area contributed by atoms with Crippen LogP contribution in [0.15, 0.2) is 0 Å². The van der Waals surface area contributed by atoms with Crippen LogP contribution in [0.5, 0.6) is 0 Å². The second kappa shape index (κ2) is 5.93. The number of carbonyl (C=O) groups is 1. The van der Waals surface area contributed by atoms with Crippen molar-refractivity contribution in [1.29, 1.82) is 0 Å². The van der Waals surface area contributed by atoms with E-state index < -0.39 is 17.9 Å². The molecule has 0 bridgehead atoms. The Hall–Kier alpha value is -0.750. The number of carbonyl (C=O) groups excluding carboxylic acids is 1. The van der Waals surface area contributed by atoms with Crippen LogP contribution in [0.3, 0.4) is 0 Å². The lowest BCUT2D eigenvalue weighted by molar-refractivity contribution is -0.142. The standard InChI is InChI=1S/C14H24F2N2O2/c1-10(2)12-4-5-17(9-14(12,15)16)8-13(20)18-6-3-11(19)7-18/h10-12,19H,3-9H2,1-2H3. The third-order valence-corrected chi connectivity index (χ3v) is 4.41. The topological polar surface area (TPSA) is 43.8 Å². The highest BCUT2D eigenvalue weighted by atomic mass is 19.3. The highest BCUT2D eigenvalue weighted by Crippen LogP contribution is 2.37. The maximum Gasteiger partial charge on any atom is 0.263 e. The molecule has 2 rings (SSSR count). The van der Waals surface area contributed by atoms with Gasteiger partial charge in [0.2, 0.25) is 5.91 Å². The van der Waals surface area contributed by atoms with Crippen LogP contribution < -0.4 is 0 Å². The number of alkyl halides is 2. The smallest absolute Gasteiger partial charge is 0.263 e. The Kier molecular flexibility index (Phi) is 4.64. The lowest BCUT2D eigenvalue weighted by Gasteiger charge is -2.40. The zero-order valence-electron chi connectivity index (χ0n) is 12.2. The number of amides is 1. The Bertz CT molecular complexity index is 363. The summed E-state index contributed by atoms with van der Waals surface area (Å²) in [6.07, 6.45) is 0.546. The maximum atomic E-state index is 14.1. The number of hydrogen-bond acceptors (Lipinski definition) is 3.